The van der Waals surface area contributed by atoms with E-state index in [1.54, 1.807) is 19.2 Å². The van der Waals surface area contributed by atoms with Crippen LogP contribution >= 0.6 is 11.6 Å². The van der Waals surface area contributed by atoms with E-state index in [-0.39, 0.29) is 0 Å². The van der Waals surface area contributed by atoms with Gasteiger partial charge in [0.2, 0.25) is 0 Å². The minimum absolute atomic E-state index is 0.320. The Morgan fingerprint density at radius 3 is 2.71 bits per heavy atom. The topological polar surface area (TPSA) is 44.5 Å². The normalized spacial score (nSPS) is 9.67. The number of rotatable bonds is 4. The van der Waals surface area contributed by atoms with Crippen LogP contribution < -0.4 is 15.2 Å². The number of benzene rings is 2. The molecule has 0 atom stereocenters. The van der Waals surface area contributed by atoms with E-state index in [9.17, 15) is 0 Å². The summed E-state index contributed by atoms with van der Waals surface area (Å²) in [5, 5.41) is 0.640. The highest BCUT2D eigenvalue weighted by atomic mass is 35.5. The smallest absolute Gasteiger partial charge is 0.121 e. The molecule has 4 heteroatoms. The first-order valence-electron chi connectivity index (χ1n) is 6.47. The summed E-state index contributed by atoms with van der Waals surface area (Å²) in [5.74, 6) is 7.36. The van der Waals surface area contributed by atoms with Gasteiger partial charge in [-0.25, -0.2) is 0 Å². The number of halogens is 1. The van der Waals surface area contributed by atoms with E-state index >= 15 is 0 Å². The Hall–Kier alpha value is -2.15. The Balaban J connectivity index is 2.20. The molecule has 0 unspecified atom stereocenters. The lowest BCUT2D eigenvalue weighted by Gasteiger charge is -2.10. The highest BCUT2D eigenvalue weighted by molar-refractivity contribution is 6.30. The molecule has 0 aromatic heterocycles. The van der Waals surface area contributed by atoms with Gasteiger partial charge in [0, 0.05) is 16.1 Å². The van der Waals surface area contributed by atoms with Gasteiger partial charge in [-0.2, -0.15) is 0 Å². The first-order chi connectivity index (χ1) is 10.2. The summed E-state index contributed by atoms with van der Waals surface area (Å²) in [6.07, 6.45) is 0. The first-order valence-corrected chi connectivity index (χ1v) is 6.85. The zero-order valence-electron chi connectivity index (χ0n) is 11.7. The van der Waals surface area contributed by atoms with Gasteiger partial charge in [0.1, 0.15) is 18.1 Å². The summed E-state index contributed by atoms with van der Waals surface area (Å²) >= 11 is 5.94. The summed E-state index contributed by atoms with van der Waals surface area (Å²) in [7, 11) is 1.63. The minimum atomic E-state index is 0.320. The standard InChI is InChI=1S/C17H16ClNO2/c1-20-16-8-7-13(4-3-9-19)14(10-16)12-21-17-6-2-5-15(18)11-17/h2,5-8,10-11H,9,12,19H2,1H3. The van der Waals surface area contributed by atoms with Crippen molar-refractivity contribution >= 4 is 11.6 Å². The van der Waals surface area contributed by atoms with Crippen LogP contribution in [0.2, 0.25) is 5.02 Å². The van der Waals surface area contributed by atoms with E-state index < -0.39 is 0 Å². The second-order valence-corrected chi connectivity index (χ2v) is 4.71. The molecule has 0 heterocycles. The SMILES string of the molecule is COc1ccc(C#CCN)c(COc2cccc(Cl)c2)c1. The number of methoxy groups -OCH3 is 1. The van der Waals surface area contributed by atoms with Gasteiger partial charge in [0.05, 0.1) is 13.7 Å². The number of ether oxygens (including phenoxy) is 2. The fourth-order valence-electron chi connectivity index (χ4n) is 1.80. The van der Waals surface area contributed by atoms with Crippen LogP contribution in [-0.4, -0.2) is 13.7 Å². The van der Waals surface area contributed by atoms with Crippen LogP contribution in [0.4, 0.5) is 0 Å². The molecular weight excluding hydrogens is 286 g/mol. The average Bonchev–Trinajstić information content (AvgIpc) is 2.51. The summed E-state index contributed by atoms with van der Waals surface area (Å²) < 4.78 is 11.0. The van der Waals surface area contributed by atoms with Gasteiger partial charge >= 0.3 is 0 Å². The van der Waals surface area contributed by atoms with Crippen LogP contribution in [0.5, 0.6) is 11.5 Å². The third kappa shape index (κ3) is 4.42. The Labute approximate surface area is 129 Å². The Kier molecular flexibility index (Phi) is 5.51. The van der Waals surface area contributed by atoms with Crippen LogP contribution in [0.1, 0.15) is 11.1 Å². The average molecular weight is 302 g/mol. The summed E-state index contributed by atoms with van der Waals surface area (Å²) in [6, 6.07) is 13.0. The summed E-state index contributed by atoms with van der Waals surface area (Å²) in [5.41, 5.74) is 7.24. The molecular formula is C17H16ClNO2. The number of hydrogen-bond acceptors (Lipinski definition) is 3. The molecule has 0 aliphatic heterocycles. The molecule has 0 saturated heterocycles. The molecule has 2 N–H and O–H groups in total. The Bertz CT molecular complexity index is 674. The molecule has 3 nitrogen and oxygen atoms in total. The van der Waals surface area contributed by atoms with Crippen molar-refractivity contribution in [2.75, 3.05) is 13.7 Å². The van der Waals surface area contributed by atoms with Gasteiger partial charge in [-0.15, -0.1) is 0 Å². The summed E-state index contributed by atoms with van der Waals surface area (Å²) in [4.78, 5) is 0. The second-order valence-electron chi connectivity index (χ2n) is 4.28. The van der Waals surface area contributed by atoms with Crippen molar-refractivity contribution in [3.8, 4) is 23.3 Å². The lowest BCUT2D eigenvalue weighted by Crippen LogP contribution is -2.00. The lowest BCUT2D eigenvalue weighted by atomic mass is 10.1. The highest BCUT2D eigenvalue weighted by Gasteiger charge is 2.04. The van der Waals surface area contributed by atoms with E-state index in [1.165, 1.54) is 0 Å². The monoisotopic (exact) mass is 301 g/mol. The molecule has 2 aromatic rings. The van der Waals surface area contributed by atoms with Crippen LogP contribution in [0.3, 0.4) is 0 Å². The first kappa shape index (κ1) is 15.2. The number of hydrogen-bond donors (Lipinski definition) is 1. The van der Waals surface area contributed by atoms with Crippen LogP contribution in [0.25, 0.3) is 0 Å². The molecule has 21 heavy (non-hydrogen) atoms. The maximum Gasteiger partial charge on any atom is 0.121 e. The van der Waals surface area contributed by atoms with Crippen LogP contribution in [0, 0.1) is 11.8 Å². The van der Waals surface area contributed by atoms with E-state index in [4.69, 9.17) is 26.8 Å². The summed E-state index contributed by atoms with van der Waals surface area (Å²) in [6.45, 7) is 0.701. The molecule has 0 bridgehead atoms. The van der Waals surface area contributed by atoms with Gasteiger partial charge < -0.3 is 15.2 Å². The van der Waals surface area contributed by atoms with Crippen molar-refractivity contribution in [2.45, 2.75) is 6.61 Å². The number of nitrogens with two attached hydrogens (primary N) is 1. The van der Waals surface area contributed by atoms with Gasteiger partial charge in [-0.3, -0.25) is 0 Å². The third-order valence-electron chi connectivity index (χ3n) is 2.83. The van der Waals surface area contributed by atoms with Crippen LogP contribution in [0.15, 0.2) is 42.5 Å². The maximum absolute atomic E-state index is 5.94. The fourth-order valence-corrected chi connectivity index (χ4v) is 1.98. The van der Waals surface area contributed by atoms with Gasteiger partial charge in [0.15, 0.2) is 0 Å². The molecule has 0 aliphatic rings. The van der Waals surface area contributed by atoms with Crippen molar-refractivity contribution in [1.29, 1.82) is 0 Å². The molecule has 0 spiro atoms. The van der Waals surface area contributed by atoms with Crippen molar-refractivity contribution < 1.29 is 9.47 Å². The van der Waals surface area contributed by atoms with E-state index in [0.29, 0.717) is 23.9 Å². The van der Waals surface area contributed by atoms with E-state index in [2.05, 4.69) is 11.8 Å². The fraction of sp³-hybridized carbons (Fsp3) is 0.176. The molecule has 0 radical (unpaired) electrons. The minimum Gasteiger partial charge on any atom is -0.497 e. The highest BCUT2D eigenvalue weighted by Crippen LogP contribution is 2.21. The molecule has 0 amide bonds. The van der Waals surface area contributed by atoms with Gasteiger partial charge in [-0.05, 0) is 36.4 Å². The van der Waals surface area contributed by atoms with Crippen molar-refractivity contribution in [2.24, 2.45) is 5.73 Å². The zero-order chi connectivity index (χ0) is 15.1. The van der Waals surface area contributed by atoms with Crippen LogP contribution in [-0.2, 0) is 6.61 Å². The van der Waals surface area contributed by atoms with Crippen molar-refractivity contribution in [3.63, 3.8) is 0 Å². The quantitative estimate of drug-likeness (QED) is 0.882. The van der Waals surface area contributed by atoms with Gasteiger partial charge in [-0.1, -0.05) is 29.5 Å². The van der Waals surface area contributed by atoms with Gasteiger partial charge in [0.25, 0.3) is 0 Å². The zero-order valence-corrected chi connectivity index (χ0v) is 12.5. The van der Waals surface area contributed by atoms with E-state index in [0.717, 1.165) is 16.9 Å². The molecule has 0 fully saturated rings. The van der Waals surface area contributed by atoms with E-state index in [1.807, 2.05) is 30.3 Å². The molecule has 2 aromatic carbocycles. The lowest BCUT2D eigenvalue weighted by molar-refractivity contribution is 0.305. The molecule has 2 rings (SSSR count). The molecule has 0 saturated carbocycles. The predicted molar refractivity (Wildman–Crippen MR) is 84.7 cm³/mol. The Morgan fingerprint density at radius 1 is 1.14 bits per heavy atom. The van der Waals surface area contributed by atoms with Crippen molar-refractivity contribution in [1.82, 2.24) is 0 Å². The Morgan fingerprint density at radius 2 is 2.00 bits per heavy atom. The molecule has 0 aliphatic carbocycles. The third-order valence-corrected chi connectivity index (χ3v) is 3.06. The predicted octanol–water partition coefficient (Wildman–Crippen LogP) is 3.24. The second kappa shape index (κ2) is 7.58. The molecule has 108 valence electrons. The maximum atomic E-state index is 5.94. The van der Waals surface area contributed by atoms with Crippen molar-refractivity contribution in [3.05, 3.63) is 58.6 Å². The largest absolute Gasteiger partial charge is 0.497 e.